The van der Waals surface area contributed by atoms with E-state index in [1.54, 1.807) is 26.3 Å². The summed E-state index contributed by atoms with van der Waals surface area (Å²) >= 11 is 6.30. The first kappa shape index (κ1) is 13.1. The van der Waals surface area contributed by atoms with Crippen molar-refractivity contribution in [2.24, 2.45) is 0 Å². The van der Waals surface area contributed by atoms with E-state index in [1.807, 2.05) is 12.1 Å². The third-order valence-electron chi connectivity index (χ3n) is 2.78. The van der Waals surface area contributed by atoms with Gasteiger partial charge in [-0.25, -0.2) is 4.98 Å². The van der Waals surface area contributed by atoms with Crippen molar-refractivity contribution >= 4 is 22.5 Å². The fourth-order valence-corrected chi connectivity index (χ4v) is 2.19. The molecule has 1 aromatic heterocycles. The maximum Gasteiger partial charge on any atom is 0.213 e. The normalized spacial score (nSPS) is 12.7. The van der Waals surface area contributed by atoms with Crippen molar-refractivity contribution < 1.29 is 9.84 Å². The number of aromatic nitrogens is 1. The van der Waals surface area contributed by atoms with E-state index >= 15 is 0 Å². The first-order valence-electron chi connectivity index (χ1n) is 5.63. The first-order valence-corrected chi connectivity index (χ1v) is 6.01. The number of benzene rings is 1. The Hall–Kier alpha value is -1.36. The van der Waals surface area contributed by atoms with Crippen LogP contribution in [0.1, 0.15) is 11.7 Å². The molecular weight excluding hydrogens is 252 g/mol. The van der Waals surface area contributed by atoms with Gasteiger partial charge in [0.25, 0.3) is 0 Å². The van der Waals surface area contributed by atoms with Crippen molar-refractivity contribution in [1.29, 1.82) is 0 Å². The number of rotatable bonds is 4. The Morgan fingerprint density at radius 1 is 1.39 bits per heavy atom. The van der Waals surface area contributed by atoms with Crippen LogP contribution in [0.15, 0.2) is 24.3 Å². The number of methoxy groups -OCH3 is 1. The maximum atomic E-state index is 9.97. The SMILES string of the molecule is CNCC(O)c1ccc2nc(OC)ccc2c1Cl. The second-order valence-electron chi connectivity index (χ2n) is 3.96. The standard InChI is InChI=1S/C13H15ClN2O2/c1-15-7-11(17)9-3-5-10-8(13(9)14)4-6-12(16-10)18-2/h3-6,11,15,17H,7H2,1-2H3. The quantitative estimate of drug-likeness (QED) is 0.890. The highest BCUT2D eigenvalue weighted by molar-refractivity contribution is 6.36. The zero-order valence-corrected chi connectivity index (χ0v) is 11.0. The van der Waals surface area contributed by atoms with E-state index in [-0.39, 0.29) is 0 Å². The zero-order valence-electron chi connectivity index (χ0n) is 10.3. The van der Waals surface area contributed by atoms with Gasteiger partial charge in [0.2, 0.25) is 5.88 Å². The van der Waals surface area contributed by atoms with Gasteiger partial charge in [-0.2, -0.15) is 0 Å². The summed E-state index contributed by atoms with van der Waals surface area (Å²) in [4.78, 5) is 4.30. The van der Waals surface area contributed by atoms with Crippen LogP contribution in [-0.4, -0.2) is 30.8 Å². The smallest absolute Gasteiger partial charge is 0.213 e. The van der Waals surface area contributed by atoms with Gasteiger partial charge in [-0.1, -0.05) is 17.7 Å². The van der Waals surface area contributed by atoms with E-state index in [0.717, 1.165) is 10.9 Å². The van der Waals surface area contributed by atoms with Gasteiger partial charge in [0.1, 0.15) is 0 Å². The van der Waals surface area contributed by atoms with Crippen LogP contribution in [0, 0.1) is 0 Å². The van der Waals surface area contributed by atoms with Crippen LogP contribution < -0.4 is 10.1 Å². The fraction of sp³-hybridized carbons (Fsp3) is 0.308. The highest BCUT2D eigenvalue weighted by atomic mass is 35.5. The van der Waals surface area contributed by atoms with E-state index in [1.165, 1.54) is 0 Å². The van der Waals surface area contributed by atoms with E-state index in [9.17, 15) is 5.11 Å². The van der Waals surface area contributed by atoms with Crippen molar-refractivity contribution in [3.05, 3.63) is 34.9 Å². The lowest BCUT2D eigenvalue weighted by atomic mass is 10.1. The summed E-state index contributed by atoms with van der Waals surface area (Å²) < 4.78 is 5.06. The Balaban J connectivity index is 2.50. The molecule has 0 fully saturated rings. The molecule has 0 radical (unpaired) electrons. The molecule has 0 aliphatic carbocycles. The number of hydrogen-bond acceptors (Lipinski definition) is 4. The van der Waals surface area contributed by atoms with Crippen LogP contribution in [0.2, 0.25) is 5.02 Å². The van der Waals surface area contributed by atoms with E-state index in [4.69, 9.17) is 16.3 Å². The Morgan fingerprint density at radius 2 is 2.17 bits per heavy atom. The Labute approximate surface area is 111 Å². The van der Waals surface area contributed by atoms with Gasteiger partial charge in [-0.3, -0.25) is 0 Å². The number of pyridine rings is 1. The van der Waals surface area contributed by atoms with Crippen LogP contribution in [0.25, 0.3) is 10.9 Å². The summed E-state index contributed by atoms with van der Waals surface area (Å²) in [6.45, 7) is 0.453. The van der Waals surface area contributed by atoms with Crippen LogP contribution in [-0.2, 0) is 0 Å². The Bertz CT molecular complexity index is 560. The van der Waals surface area contributed by atoms with Crippen molar-refractivity contribution in [3.63, 3.8) is 0 Å². The van der Waals surface area contributed by atoms with Gasteiger partial charge in [0.15, 0.2) is 0 Å². The molecule has 1 aromatic carbocycles. The van der Waals surface area contributed by atoms with Crippen molar-refractivity contribution in [1.82, 2.24) is 10.3 Å². The number of nitrogens with zero attached hydrogens (tertiary/aromatic N) is 1. The summed E-state index contributed by atoms with van der Waals surface area (Å²) in [6, 6.07) is 7.22. The van der Waals surface area contributed by atoms with Gasteiger partial charge in [-0.05, 0) is 19.2 Å². The zero-order chi connectivity index (χ0) is 13.1. The molecule has 96 valence electrons. The summed E-state index contributed by atoms with van der Waals surface area (Å²) in [5.74, 6) is 0.544. The van der Waals surface area contributed by atoms with E-state index < -0.39 is 6.10 Å². The maximum absolute atomic E-state index is 9.97. The highest BCUT2D eigenvalue weighted by Crippen LogP contribution is 2.31. The molecule has 2 rings (SSSR count). The molecule has 5 heteroatoms. The fourth-order valence-electron chi connectivity index (χ4n) is 1.84. The third-order valence-corrected chi connectivity index (χ3v) is 3.20. The number of nitrogens with one attached hydrogen (secondary N) is 1. The van der Waals surface area contributed by atoms with Crippen molar-refractivity contribution in [2.75, 3.05) is 20.7 Å². The molecule has 1 heterocycles. The third kappa shape index (κ3) is 2.41. The molecule has 0 spiro atoms. The molecule has 0 aliphatic rings. The molecule has 1 atom stereocenters. The second-order valence-corrected chi connectivity index (χ2v) is 4.34. The molecular formula is C13H15ClN2O2. The number of likely N-dealkylation sites (N-methyl/N-ethyl adjacent to an activating group) is 1. The molecule has 0 amide bonds. The van der Waals surface area contributed by atoms with Gasteiger partial charge in [0.05, 0.1) is 23.8 Å². The largest absolute Gasteiger partial charge is 0.481 e. The number of hydrogen-bond donors (Lipinski definition) is 2. The summed E-state index contributed by atoms with van der Waals surface area (Å²) in [5, 5.41) is 14.2. The number of aliphatic hydroxyl groups is 1. The first-order chi connectivity index (χ1) is 8.67. The average molecular weight is 267 g/mol. The van der Waals surface area contributed by atoms with E-state index in [0.29, 0.717) is 23.0 Å². The summed E-state index contributed by atoms with van der Waals surface area (Å²) in [5.41, 5.74) is 1.45. The van der Waals surface area contributed by atoms with Gasteiger partial charge in [-0.15, -0.1) is 0 Å². The Kier molecular flexibility index (Phi) is 4.01. The molecule has 2 aromatic rings. The molecule has 0 aliphatic heterocycles. The molecule has 0 saturated heterocycles. The van der Waals surface area contributed by atoms with Crippen LogP contribution in [0.4, 0.5) is 0 Å². The lowest BCUT2D eigenvalue weighted by Gasteiger charge is -2.13. The summed E-state index contributed by atoms with van der Waals surface area (Å²) in [7, 11) is 3.35. The molecule has 0 bridgehead atoms. The predicted molar refractivity (Wildman–Crippen MR) is 72.2 cm³/mol. The molecule has 0 saturated carbocycles. The van der Waals surface area contributed by atoms with Gasteiger partial charge < -0.3 is 15.2 Å². The molecule has 18 heavy (non-hydrogen) atoms. The van der Waals surface area contributed by atoms with E-state index in [2.05, 4.69) is 10.3 Å². The molecule has 4 nitrogen and oxygen atoms in total. The molecule has 2 N–H and O–H groups in total. The lowest BCUT2D eigenvalue weighted by molar-refractivity contribution is 0.178. The summed E-state index contributed by atoms with van der Waals surface area (Å²) in [6.07, 6.45) is -0.631. The monoisotopic (exact) mass is 266 g/mol. The van der Waals surface area contributed by atoms with Crippen LogP contribution in [0.3, 0.4) is 0 Å². The number of fused-ring (bicyclic) bond motifs is 1. The second kappa shape index (κ2) is 5.52. The number of halogens is 1. The van der Waals surface area contributed by atoms with Gasteiger partial charge in [0, 0.05) is 23.6 Å². The van der Waals surface area contributed by atoms with Crippen LogP contribution >= 0.6 is 11.6 Å². The predicted octanol–water partition coefficient (Wildman–Crippen LogP) is 2.15. The van der Waals surface area contributed by atoms with Crippen molar-refractivity contribution in [2.45, 2.75) is 6.10 Å². The van der Waals surface area contributed by atoms with Crippen LogP contribution in [0.5, 0.6) is 5.88 Å². The minimum atomic E-state index is -0.631. The minimum Gasteiger partial charge on any atom is -0.481 e. The molecule has 1 unspecified atom stereocenters. The number of ether oxygens (including phenoxy) is 1. The lowest BCUT2D eigenvalue weighted by Crippen LogP contribution is -2.17. The van der Waals surface area contributed by atoms with Crippen molar-refractivity contribution in [3.8, 4) is 5.88 Å². The average Bonchev–Trinajstić information content (AvgIpc) is 2.38. The number of aliphatic hydroxyl groups excluding tert-OH is 1. The minimum absolute atomic E-state index is 0.453. The van der Waals surface area contributed by atoms with Gasteiger partial charge >= 0.3 is 0 Å². The Morgan fingerprint density at radius 3 is 2.83 bits per heavy atom. The highest BCUT2D eigenvalue weighted by Gasteiger charge is 2.13. The topological polar surface area (TPSA) is 54.4 Å².